The van der Waals surface area contributed by atoms with Gasteiger partial charge in [-0.3, -0.25) is 4.79 Å². The smallest absolute Gasteiger partial charge is 0.419 e. The SMILES string of the molecule is COc1cc(-c2cccc(C(F)(F)F)c2F)c(F)cc1N1C(=O)CO[C@@H]2CNCC[C@H]21. The van der Waals surface area contributed by atoms with Crippen molar-refractivity contribution in [3.8, 4) is 16.9 Å². The minimum absolute atomic E-state index is 0.0424. The normalized spacial score (nSPS) is 21.7. The first-order valence-electron chi connectivity index (χ1n) is 9.60. The van der Waals surface area contributed by atoms with Gasteiger partial charge in [-0.15, -0.1) is 0 Å². The number of benzene rings is 2. The van der Waals surface area contributed by atoms with Crippen LogP contribution in [0.1, 0.15) is 12.0 Å². The fraction of sp³-hybridized carbons (Fsp3) is 0.381. The molecule has 0 radical (unpaired) electrons. The summed E-state index contributed by atoms with van der Waals surface area (Å²) in [6.45, 7) is 0.955. The van der Waals surface area contributed by atoms with E-state index in [9.17, 15) is 22.4 Å². The standard InChI is InChI=1S/C21H19F5N2O3/c1-30-17-7-12(11-3-2-4-13(20(11)23)21(24,25)26)14(22)8-16(17)28-15-5-6-27-9-18(15)31-10-19(28)29/h2-4,7-8,15,18,27H,5-6,9-10H2,1H3/t15-,18-/m1/s1. The maximum Gasteiger partial charge on any atom is 0.419 e. The molecule has 4 rings (SSSR count). The highest BCUT2D eigenvalue weighted by atomic mass is 19.4. The molecule has 1 amide bonds. The molecule has 10 heteroatoms. The van der Waals surface area contributed by atoms with Crippen molar-refractivity contribution in [1.82, 2.24) is 5.32 Å². The lowest BCUT2D eigenvalue weighted by atomic mass is 9.96. The molecule has 2 aliphatic rings. The van der Waals surface area contributed by atoms with Crippen LogP contribution in [0.15, 0.2) is 30.3 Å². The number of hydrogen-bond acceptors (Lipinski definition) is 4. The summed E-state index contributed by atoms with van der Waals surface area (Å²) in [5, 5.41) is 3.16. The van der Waals surface area contributed by atoms with Crippen molar-refractivity contribution >= 4 is 11.6 Å². The quantitative estimate of drug-likeness (QED) is 0.736. The molecule has 0 aliphatic carbocycles. The highest BCUT2D eigenvalue weighted by Crippen LogP contribution is 2.41. The van der Waals surface area contributed by atoms with Crippen molar-refractivity contribution in [2.24, 2.45) is 0 Å². The number of alkyl halides is 3. The van der Waals surface area contributed by atoms with Crippen LogP contribution in [0.4, 0.5) is 27.6 Å². The fourth-order valence-electron chi connectivity index (χ4n) is 4.09. The number of anilines is 1. The summed E-state index contributed by atoms with van der Waals surface area (Å²) in [5.41, 5.74) is -2.31. The zero-order valence-electron chi connectivity index (χ0n) is 16.4. The van der Waals surface area contributed by atoms with Gasteiger partial charge < -0.3 is 19.7 Å². The number of halogens is 5. The van der Waals surface area contributed by atoms with Gasteiger partial charge in [0.1, 0.15) is 24.0 Å². The van der Waals surface area contributed by atoms with Gasteiger partial charge in [-0.1, -0.05) is 12.1 Å². The average molecular weight is 442 g/mol. The van der Waals surface area contributed by atoms with E-state index in [2.05, 4.69) is 5.32 Å². The summed E-state index contributed by atoms with van der Waals surface area (Å²) in [6.07, 6.45) is -4.66. The van der Waals surface area contributed by atoms with Gasteiger partial charge in [0.2, 0.25) is 0 Å². The molecular weight excluding hydrogens is 423 g/mol. The van der Waals surface area contributed by atoms with Gasteiger partial charge in [0, 0.05) is 23.7 Å². The van der Waals surface area contributed by atoms with E-state index in [1.165, 1.54) is 12.0 Å². The molecule has 2 aromatic carbocycles. The van der Waals surface area contributed by atoms with Crippen molar-refractivity contribution < 1.29 is 36.2 Å². The summed E-state index contributed by atoms with van der Waals surface area (Å²) in [6, 6.07) is 4.41. The number of fused-ring (bicyclic) bond motifs is 1. The Morgan fingerprint density at radius 3 is 2.68 bits per heavy atom. The molecule has 5 nitrogen and oxygen atoms in total. The van der Waals surface area contributed by atoms with Gasteiger partial charge in [-0.25, -0.2) is 8.78 Å². The van der Waals surface area contributed by atoms with Crippen LogP contribution in [0.3, 0.4) is 0 Å². The molecule has 1 N–H and O–H groups in total. The van der Waals surface area contributed by atoms with Gasteiger partial charge in [0.05, 0.1) is 30.5 Å². The second-order valence-electron chi connectivity index (χ2n) is 7.34. The van der Waals surface area contributed by atoms with Crippen molar-refractivity contribution in [1.29, 1.82) is 0 Å². The number of piperidine rings is 1. The molecule has 0 bridgehead atoms. The van der Waals surface area contributed by atoms with Gasteiger partial charge in [-0.05, 0) is 25.1 Å². The molecule has 2 heterocycles. The molecule has 0 aromatic heterocycles. The zero-order valence-corrected chi connectivity index (χ0v) is 16.4. The number of amides is 1. The Labute approximate surface area is 174 Å². The number of carbonyl (C=O) groups is 1. The van der Waals surface area contributed by atoms with E-state index in [-0.39, 0.29) is 36.1 Å². The fourth-order valence-corrected chi connectivity index (χ4v) is 4.09. The summed E-state index contributed by atoms with van der Waals surface area (Å²) in [4.78, 5) is 14.0. The monoisotopic (exact) mass is 442 g/mol. The third-order valence-electron chi connectivity index (χ3n) is 5.54. The first-order chi connectivity index (χ1) is 14.7. The summed E-state index contributed by atoms with van der Waals surface area (Å²) >= 11 is 0. The molecular formula is C21H19F5N2O3. The highest BCUT2D eigenvalue weighted by Gasteiger charge is 2.41. The van der Waals surface area contributed by atoms with Crippen molar-refractivity contribution in [2.75, 3.05) is 31.7 Å². The third kappa shape index (κ3) is 3.85. The number of nitrogens with one attached hydrogen (secondary N) is 1. The van der Waals surface area contributed by atoms with Crippen LogP contribution < -0.4 is 15.0 Å². The Hall–Kier alpha value is -2.72. The lowest BCUT2D eigenvalue weighted by Crippen LogP contribution is -2.61. The van der Waals surface area contributed by atoms with Gasteiger partial charge in [0.25, 0.3) is 5.91 Å². The molecule has 2 atom stereocenters. The molecule has 166 valence electrons. The Kier molecular flexibility index (Phi) is 5.61. The third-order valence-corrected chi connectivity index (χ3v) is 5.54. The Bertz CT molecular complexity index is 1010. The Balaban J connectivity index is 1.81. The topological polar surface area (TPSA) is 50.8 Å². The average Bonchev–Trinajstić information content (AvgIpc) is 2.73. The molecule has 0 saturated carbocycles. The molecule has 2 fully saturated rings. The summed E-state index contributed by atoms with van der Waals surface area (Å²) in [7, 11) is 1.29. The maximum absolute atomic E-state index is 15.1. The number of carbonyl (C=O) groups excluding carboxylic acids is 1. The van der Waals surface area contributed by atoms with E-state index in [1.807, 2.05) is 0 Å². The van der Waals surface area contributed by atoms with Crippen LogP contribution in [0.25, 0.3) is 11.1 Å². The lowest BCUT2D eigenvalue weighted by Gasteiger charge is -2.44. The van der Waals surface area contributed by atoms with E-state index >= 15 is 4.39 Å². The molecule has 2 saturated heterocycles. The minimum atomic E-state index is -4.93. The molecule has 2 aliphatic heterocycles. The number of ether oxygens (including phenoxy) is 2. The van der Waals surface area contributed by atoms with Crippen LogP contribution in [-0.2, 0) is 15.7 Å². The van der Waals surface area contributed by atoms with E-state index in [1.54, 1.807) is 0 Å². The van der Waals surface area contributed by atoms with Crippen molar-refractivity contribution in [2.45, 2.75) is 24.7 Å². The Morgan fingerprint density at radius 2 is 1.97 bits per heavy atom. The van der Waals surface area contributed by atoms with Gasteiger partial charge in [0.15, 0.2) is 0 Å². The van der Waals surface area contributed by atoms with E-state index in [0.717, 1.165) is 24.3 Å². The summed E-state index contributed by atoms with van der Waals surface area (Å²) in [5.74, 6) is -2.90. The van der Waals surface area contributed by atoms with Crippen LogP contribution in [0.2, 0.25) is 0 Å². The Morgan fingerprint density at radius 1 is 1.19 bits per heavy atom. The second-order valence-corrected chi connectivity index (χ2v) is 7.34. The largest absolute Gasteiger partial charge is 0.495 e. The molecule has 0 spiro atoms. The number of morpholine rings is 1. The van der Waals surface area contributed by atoms with Crippen LogP contribution in [0, 0.1) is 11.6 Å². The summed E-state index contributed by atoms with van der Waals surface area (Å²) < 4.78 is 79.8. The first-order valence-corrected chi connectivity index (χ1v) is 9.60. The van der Waals surface area contributed by atoms with Gasteiger partial charge >= 0.3 is 6.18 Å². The van der Waals surface area contributed by atoms with Gasteiger partial charge in [-0.2, -0.15) is 13.2 Å². The van der Waals surface area contributed by atoms with Crippen LogP contribution in [-0.4, -0.2) is 44.9 Å². The molecule has 31 heavy (non-hydrogen) atoms. The first kappa shape index (κ1) is 21.5. The predicted octanol–water partition coefficient (Wildman–Crippen LogP) is 3.75. The zero-order chi connectivity index (χ0) is 22.3. The van der Waals surface area contributed by atoms with Crippen molar-refractivity contribution in [3.05, 3.63) is 47.5 Å². The maximum atomic E-state index is 15.1. The number of rotatable bonds is 3. The lowest BCUT2D eigenvalue weighted by molar-refractivity contribution is -0.140. The number of nitrogens with zero attached hydrogens (tertiary/aromatic N) is 1. The molecule has 0 unspecified atom stereocenters. The number of hydrogen-bond donors (Lipinski definition) is 1. The van der Waals surface area contributed by atoms with E-state index in [4.69, 9.17) is 9.47 Å². The van der Waals surface area contributed by atoms with Crippen molar-refractivity contribution in [3.63, 3.8) is 0 Å². The van der Waals surface area contributed by atoms with E-state index < -0.39 is 34.5 Å². The minimum Gasteiger partial charge on any atom is -0.495 e. The predicted molar refractivity (Wildman–Crippen MR) is 102 cm³/mol. The van der Waals surface area contributed by atoms with Crippen LogP contribution >= 0.6 is 0 Å². The number of methoxy groups -OCH3 is 1. The molecule has 2 aromatic rings. The van der Waals surface area contributed by atoms with E-state index in [0.29, 0.717) is 25.6 Å². The highest BCUT2D eigenvalue weighted by molar-refractivity contribution is 5.97. The second kappa shape index (κ2) is 8.08. The van der Waals surface area contributed by atoms with Crippen LogP contribution in [0.5, 0.6) is 5.75 Å².